The van der Waals surface area contributed by atoms with Gasteiger partial charge in [0.2, 0.25) is 5.91 Å². The van der Waals surface area contributed by atoms with E-state index in [2.05, 4.69) is 15.5 Å². The van der Waals surface area contributed by atoms with Crippen molar-refractivity contribution in [1.82, 2.24) is 15.5 Å². The van der Waals surface area contributed by atoms with Crippen LogP contribution in [0.2, 0.25) is 5.02 Å². The molecule has 1 amide bonds. The van der Waals surface area contributed by atoms with Gasteiger partial charge in [-0.1, -0.05) is 23.7 Å². The highest BCUT2D eigenvalue weighted by Crippen LogP contribution is 2.31. The van der Waals surface area contributed by atoms with Gasteiger partial charge in [0.15, 0.2) is 5.76 Å². The largest absolute Gasteiger partial charge is 0.484 e. The monoisotopic (exact) mass is 403 g/mol. The van der Waals surface area contributed by atoms with Gasteiger partial charge in [0, 0.05) is 40.6 Å². The highest BCUT2D eigenvalue weighted by Gasteiger charge is 2.29. The van der Waals surface area contributed by atoms with Gasteiger partial charge in [0.1, 0.15) is 12.4 Å². The Morgan fingerprint density at radius 2 is 2.21 bits per heavy atom. The number of carbonyl (C=O) groups excluding carboxylic acids is 1. The molecular weight excluding hydrogens is 382 g/mol. The standard InChI is InChI=1S/C20H22ClN3O4/c1-11-3-16(28-24-11)10-27-19-6-18-13(5-17(19)21)4-15(23-18)7-22-20(25)12(2)14-8-26-9-14/h3-6,12,14,23H,7-10H2,1-2H3,(H,22,25)/t12-/m1/s1. The molecule has 0 unspecified atom stereocenters. The molecule has 2 aromatic heterocycles. The van der Waals surface area contributed by atoms with Gasteiger partial charge in [-0.25, -0.2) is 0 Å². The molecule has 3 aromatic rings. The lowest BCUT2D eigenvalue weighted by Crippen LogP contribution is -2.41. The molecule has 8 heteroatoms. The van der Waals surface area contributed by atoms with E-state index in [9.17, 15) is 4.79 Å². The molecule has 0 radical (unpaired) electrons. The van der Waals surface area contributed by atoms with Crippen LogP contribution in [0, 0.1) is 18.8 Å². The van der Waals surface area contributed by atoms with E-state index < -0.39 is 0 Å². The summed E-state index contributed by atoms with van der Waals surface area (Å²) in [5.41, 5.74) is 2.59. The Balaban J connectivity index is 1.41. The number of fused-ring (bicyclic) bond motifs is 1. The number of hydrogen-bond donors (Lipinski definition) is 2. The smallest absolute Gasteiger partial charge is 0.223 e. The Hall–Kier alpha value is -2.51. The lowest BCUT2D eigenvalue weighted by atomic mass is 9.92. The number of aryl methyl sites for hydroxylation is 1. The summed E-state index contributed by atoms with van der Waals surface area (Å²) in [6, 6.07) is 7.48. The Morgan fingerprint density at radius 3 is 2.89 bits per heavy atom. The topological polar surface area (TPSA) is 89.4 Å². The Bertz CT molecular complexity index is 993. The minimum absolute atomic E-state index is 0.0383. The van der Waals surface area contributed by atoms with E-state index in [4.69, 9.17) is 25.6 Å². The van der Waals surface area contributed by atoms with Gasteiger partial charge in [-0.15, -0.1) is 0 Å². The summed E-state index contributed by atoms with van der Waals surface area (Å²) in [4.78, 5) is 15.6. The molecule has 1 atom stereocenters. The molecule has 28 heavy (non-hydrogen) atoms. The molecule has 0 aliphatic carbocycles. The zero-order valence-corrected chi connectivity index (χ0v) is 16.5. The fourth-order valence-electron chi connectivity index (χ4n) is 3.13. The van der Waals surface area contributed by atoms with E-state index in [1.54, 1.807) is 0 Å². The normalized spacial score (nSPS) is 15.4. The number of H-pyrrole nitrogens is 1. The second-order valence-electron chi connectivity index (χ2n) is 7.19. The number of aromatic nitrogens is 2. The number of rotatable bonds is 7. The summed E-state index contributed by atoms with van der Waals surface area (Å²) in [5, 5.41) is 8.28. The van der Waals surface area contributed by atoms with Crippen LogP contribution in [0.3, 0.4) is 0 Å². The maximum Gasteiger partial charge on any atom is 0.223 e. The van der Waals surface area contributed by atoms with Gasteiger partial charge < -0.3 is 24.3 Å². The molecule has 1 fully saturated rings. The summed E-state index contributed by atoms with van der Waals surface area (Å²) in [5.74, 6) is 1.49. The first-order valence-corrected chi connectivity index (χ1v) is 9.59. The van der Waals surface area contributed by atoms with Crippen molar-refractivity contribution in [2.75, 3.05) is 13.2 Å². The Morgan fingerprint density at radius 1 is 1.39 bits per heavy atom. The van der Waals surface area contributed by atoms with E-state index in [1.165, 1.54) is 0 Å². The van der Waals surface area contributed by atoms with Crippen LogP contribution in [0.25, 0.3) is 10.9 Å². The van der Waals surface area contributed by atoms with Crippen LogP contribution in [0.15, 0.2) is 28.8 Å². The predicted molar refractivity (Wildman–Crippen MR) is 104 cm³/mol. The number of nitrogens with zero attached hydrogens (tertiary/aromatic N) is 1. The number of carbonyl (C=O) groups is 1. The van der Waals surface area contributed by atoms with Crippen LogP contribution < -0.4 is 10.1 Å². The zero-order chi connectivity index (χ0) is 19.7. The van der Waals surface area contributed by atoms with Crippen molar-refractivity contribution in [2.45, 2.75) is 27.0 Å². The summed E-state index contributed by atoms with van der Waals surface area (Å²) in [6.07, 6.45) is 0. The maximum absolute atomic E-state index is 12.3. The highest BCUT2D eigenvalue weighted by molar-refractivity contribution is 6.32. The Labute approximate surface area is 167 Å². The molecule has 0 bridgehead atoms. The Kier molecular flexibility index (Phi) is 5.28. The van der Waals surface area contributed by atoms with Gasteiger partial charge in [0.25, 0.3) is 0 Å². The van der Waals surface area contributed by atoms with Crippen molar-refractivity contribution in [1.29, 1.82) is 0 Å². The van der Waals surface area contributed by atoms with E-state index in [-0.39, 0.29) is 18.4 Å². The number of ether oxygens (including phenoxy) is 2. The van der Waals surface area contributed by atoms with Crippen molar-refractivity contribution in [3.63, 3.8) is 0 Å². The van der Waals surface area contributed by atoms with E-state index in [0.717, 1.165) is 22.3 Å². The average molecular weight is 404 g/mol. The fraction of sp³-hybridized carbons (Fsp3) is 0.400. The molecule has 148 valence electrons. The van der Waals surface area contributed by atoms with E-state index in [0.29, 0.717) is 42.2 Å². The number of halogens is 1. The van der Waals surface area contributed by atoms with Gasteiger partial charge in [-0.2, -0.15) is 0 Å². The zero-order valence-electron chi connectivity index (χ0n) is 15.8. The summed E-state index contributed by atoms with van der Waals surface area (Å²) >= 11 is 6.34. The first-order chi connectivity index (χ1) is 13.5. The summed E-state index contributed by atoms with van der Waals surface area (Å²) < 4.78 is 16.1. The van der Waals surface area contributed by atoms with Crippen molar-refractivity contribution >= 4 is 28.4 Å². The van der Waals surface area contributed by atoms with Crippen molar-refractivity contribution in [3.05, 3.63) is 46.4 Å². The predicted octanol–water partition coefficient (Wildman–Crippen LogP) is 3.60. The third-order valence-corrected chi connectivity index (χ3v) is 5.31. The van der Waals surface area contributed by atoms with Crippen molar-refractivity contribution < 1.29 is 18.8 Å². The van der Waals surface area contributed by atoms with Gasteiger partial charge in [-0.05, 0) is 19.1 Å². The van der Waals surface area contributed by atoms with Crippen LogP contribution in [0.4, 0.5) is 0 Å². The lowest BCUT2D eigenvalue weighted by molar-refractivity contribution is -0.134. The van der Waals surface area contributed by atoms with Crippen LogP contribution in [0.5, 0.6) is 5.75 Å². The number of aromatic amines is 1. The molecular formula is C20H22ClN3O4. The van der Waals surface area contributed by atoms with Crippen LogP contribution >= 0.6 is 11.6 Å². The second kappa shape index (κ2) is 7.85. The lowest BCUT2D eigenvalue weighted by Gasteiger charge is -2.30. The van der Waals surface area contributed by atoms with Crippen LogP contribution in [0.1, 0.15) is 24.1 Å². The molecule has 1 aliphatic heterocycles. The number of benzene rings is 1. The maximum atomic E-state index is 12.3. The number of amides is 1. The van der Waals surface area contributed by atoms with E-state index in [1.807, 2.05) is 38.1 Å². The highest BCUT2D eigenvalue weighted by atomic mass is 35.5. The van der Waals surface area contributed by atoms with Crippen molar-refractivity contribution in [3.8, 4) is 5.75 Å². The van der Waals surface area contributed by atoms with E-state index >= 15 is 0 Å². The van der Waals surface area contributed by atoms with Gasteiger partial charge >= 0.3 is 0 Å². The molecule has 1 aliphatic rings. The number of nitrogens with one attached hydrogen (secondary N) is 2. The van der Waals surface area contributed by atoms with Crippen LogP contribution in [-0.2, 0) is 22.7 Å². The quantitative estimate of drug-likeness (QED) is 0.629. The molecule has 1 aromatic carbocycles. The molecule has 0 saturated carbocycles. The van der Waals surface area contributed by atoms with Gasteiger partial charge in [-0.3, -0.25) is 4.79 Å². The average Bonchev–Trinajstić information content (AvgIpc) is 3.21. The molecule has 7 nitrogen and oxygen atoms in total. The summed E-state index contributed by atoms with van der Waals surface area (Å²) in [7, 11) is 0. The van der Waals surface area contributed by atoms with Gasteiger partial charge in [0.05, 0.1) is 30.5 Å². The fourth-order valence-corrected chi connectivity index (χ4v) is 3.36. The molecule has 4 rings (SSSR count). The molecule has 1 saturated heterocycles. The first kappa shape index (κ1) is 18.8. The minimum Gasteiger partial charge on any atom is -0.484 e. The summed E-state index contributed by atoms with van der Waals surface area (Å²) in [6.45, 7) is 5.79. The van der Waals surface area contributed by atoms with Crippen LogP contribution in [-0.4, -0.2) is 29.3 Å². The third-order valence-electron chi connectivity index (χ3n) is 5.01. The molecule has 3 heterocycles. The first-order valence-electron chi connectivity index (χ1n) is 9.21. The third kappa shape index (κ3) is 4.00. The molecule has 2 N–H and O–H groups in total. The molecule has 0 spiro atoms. The van der Waals surface area contributed by atoms with Crippen molar-refractivity contribution in [2.24, 2.45) is 11.8 Å². The second-order valence-corrected chi connectivity index (χ2v) is 7.60. The SMILES string of the molecule is Cc1cc(COc2cc3[nH]c(CNC(=O)[C@H](C)C4COC4)cc3cc2Cl)on1. The minimum atomic E-state index is -0.0488. The number of hydrogen-bond acceptors (Lipinski definition) is 5.